The topological polar surface area (TPSA) is 84.7 Å². The molecule has 0 aliphatic heterocycles. The van der Waals surface area contributed by atoms with Crippen LogP contribution in [0, 0.1) is 0 Å². The number of amides is 2. The van der Waals surface area contributed by atoms with Crippen molar-refractivity contribution < 1.29 is 14.3 Å². The number of benzene rings is 1. The van der Waals surface area contributed by atoms with Gasteiger partial charge in [-0.05, 0) is 57.2 Å². The molecule has 27 heavy (non-hydrogen) atoms. The van der Waals surface area contributed by atoms with Crippen LogP contribution in [0.4, 0.5) is 5.69 Å². The van der Waals surface area contributed by atoms with Crippen molar-refractivity contribution >= 4 is 23.0 Å². The monoisotopic (exact) mass is 366 g/mol. The minimum atomic E-state index is -0.383. The van der Waals surface area contributed by atoms with E-state index in [0.717, 1.165) is 5.75 Å². The van der Waals surface area contributed by atoms with Crippen LogP contribution in [0.25, 0.3) is 5.52 Å². The lowest BCUT2D eigenvalue weighted by Crippen LogP contribution is -2.31. The van der Waals surface area contributed by atoms with Crippen LogP contribution in [0.3, 0.4) is 0 Å². The average molecular weight is 366 g/mol. The first-order valence-corrected chi connectivity index (χ1v) is 8.81. The van der Waals surface area contributed by atoms with Gasteiger partial charge in [-0.1, -0.05) is 6.07 Å². The van der Waals surface area contributed by atoms with E-state index in [1.165, 1.54) is 0 Å². The molecule has 0 fully saturated rings. The summed E-state index contributed by atoms with van der Waals surface area (Å²) in [6.45, 7) is 6.22. The Bertz CT molecular complexity index is 961. The number of nitrogens with one attached hydrogen (secondary N) is 2. The highest BCUT2D eigenvalue weighted by molar-refractivity contribution is 6.09. The summed E-state index contributed by atoms with van der Waals surface area (Å²) in [6.07, 6.45) is 1.71. The SMILES string of the molecule is CCOc1ccc(NC(=O)c2nc(C(=O)NC(C)C)n3ccccc23)cc1. The van der Waals surface area contributed by atoms with Crippen LogP contribution in [0.2, 0.25) is 0 Å². The fourth-order valence-corrected chi connectivity index (χ4v) is 2.68. The number of carbonyl (C=O) groups is 2. The van der Waals surface area contributed by atoms with Gasteiger partial charge in [-0.2, -0.15) is 0 Å². The third-order valence-corrected chi connectivity index (χ3v) is 3.81. The summed E-state index contributed by atoms with van der Waals surface area (Å²) in [5.41, 5.74) is 1.38. The van der Waals surface area contributed by atoms with Crippen LogP contribution in [-0.4, -0.2) is 33.8 Å². The first-order valence-electron chi connectivity index (χ1n) is 8.81. The molecule has 0 bridgehead atoms. The van der Waals surface area contributed by atoms with Gasteiger partial charge in [0.25, 0.3) is 11.8 Å². The van der Waals surface area contributed by atoms with Gasteiger partial charge in [0.15, 0.2) is 5.69 Å². The number of hydrogen-bond donors (Lipinski definition) is 2. The highest BCUT2D eigenvalue weighted by atomic mass is 16.5. The van der Waals surface area contributed by atoms with Crippen molar-refractivity contribution in [3.05, 3.63) is 60.2 Å². The zero-order valence-corrected chi connectivity index (χ0v) is 15.5. The first kappa shape index (κ1) is 18.4. The quantitative estimate of drug-likeness (QED) is 0.702. The standard InChI is InChI=1S/C20H22N4O3/c1-4-27-15-10-8-14(9-11-15)22-19(25)17-16-7-5-6-12-24(16)18(23-17)20(26)21-13(2)3/h5-13H,4H2,1-3H3,(H,21,26)(H,22,25). The molecule has 0 saturated heterocycles. The molecule has 7 nitrogen and oxygen atoms in total. The molecule has 3 aromatic rings. The van der Waals surface area contributed by atoms with Gasteiger partial charge in [0.1, 0.15) is 5.75 Å². The van der Waals surface area contributed by atoms with Crippen molar-refractivity contribution in [3.63, 3.8) is 0 Å². The number of imidazole rings is 1. The Balaban J connectivity index is 1.89. The molecule has 0 atom stereocenters. The maximum Gasteiger partial charge on any atom is 0.287 e. The average Bonchev–Trinajstić information content (AvgIpc) is 3.03. The van der Waals surface area contributed by atoms with E-state index < -0.39 is 0 Å². The smallest absolute Gasteiger partial charge is 0.287 e. The Hall–Kier alpha value is -3.35. The molecule has 0 saturated carbocycles. The highest BCUT2D eigenvalue weighted by Gasteiger charge is 2.21. The predicted molar refractivity (Wildman–Crippen MR) is 103 cm³/mol. The first-order chi connectivity index (χ1) is 13.0. The van der Waals surface area contributed by atoms with Crippen LogP contribution in [0.15, 0.2) is 48.7 Å². The van der Waals surface area contributed by atoms with E-state index in [0.29, 0.717) is 17.8 Å². The van der Waals surface area contributed by atoms with Crippen LogP contribution < -0.4 is 15.4 Å². The van der Waals surface area contributed by atoms with Gasteiger partial charge < -0.3 is 15.4 Å². The summed E-state index contributed by atoms with van der Waals surface area (Å²) in [5.74, 6) is 0.199. The predicted octanol–water partition coefficient (Wildman–Crippen LogP) is 3.12. The van der Waals surface area contributed by atoms with Gasteiger partial charge in [-0.15, -0.1) is 0 Å². The molecule has 2 aromatic heterocycles. The molecule has 7 heteroatoms. The lowest BCUT2D eigenvalue weighted by Gasteiger charge is -2.06. The van der Waals surface area contributed by atoms with Gasteiger partial charge in [0, 0.05) is 17.9 Å². The lowest BCUT2D eigenvalue weighted by molar-refractivity contribution is 0.0932. The van der Waals surface area contributed by atoms with Crippen LogP contribution in [-0.2, 0) is 0 Å². The van der Waals surface area contributed by atoms with Crippen LogP contribution >= 0.6 is 0 Å². The third kappa shape index (κ3) is 4.08. The Morgan fingerprint density at radius 1 is 1.11 bits per heavy atom. The maximum atomic E-state index is 12.7. The molecule has 0 aliphatic carbocycles. The Kier molecular flexibility index (Phi) is 5.40. The molecule has 2 amide bonds. The zero-order valence-electron chi connectivity index (χ0n) is 15.5. The minimum absolute atomic E-state index is 0.0327. The molecule has 2 heterocycles. The molecular formula is C20H22N4O3. The fourth-order valence-electron chi connectivity index (χ4n) is 2.68. The van der Waals surface area contributed by atoms with Crippen LogP contribution in [0.1, 0.15) is 41.9 Å². The Labute approximate surface area is 157 Å². The second-order valence-corrected chi connectivity index (χ2v) is 6.28. The second-order valence-electron chi connectivity index (χ2n) is 6.28. The van der Waals surface area contributed by atoms with Crippen molar-refractivity contribution in [2.24, 2.45) is 0 Å². The molecule has 0 radical (unpaired) electrons. The van der Waals surface area contributed by atoms with E-state index in [4.69, 9.17) is 4.74 Å². The normalized spacial score (nSPS) is 10.8. The highest BCUT2D eigenvalue weighted by Crippen LogP contribution is 2.18. The summed E-state index contributed by atoms with van der Waals surface area (Å²) in [6, 6.07) is 12.4. The summed E-state index contributed by atoms with van der Waals surface area (Å²) in [4.78, 5) is 29.5. The van der Waals surface area contributed by atoms with Gasteiger partial charge in [0.05, 0.1) is 12.1 Å². The number of nitrogens with zero attached hydrogens (tertiary/aromatic N) is 2. The molecular weight excluding hydrogens is 344 g/mol. The molecule has 2 N–H and O–H groups in total. The number of anilines is 1. The lowest BCUT2D eigenvalue weighted by atomic mass is 10.2. The number of ether oxygens (including phenoxy) is 1. The van der Waals surface area contributed by atoms with E-state index in [-0.39, 0.29) is 29.4 Å². The number of rotatable bonds is 6. The molecule has 3 rings (SSSR count). The Morgan fingerprint density at radius 2 is 1.85 bits per heavy atom. The molecule has 1 aromatic carbocycles. The zero-order chi connectivity index (χ0) is 19.4. The fraction of sp³-hybridized carbons (Fsp3) is 0.250. The van der Waals surface area contributed by atoms with E-state index in [1.807, 2.05) is 20.8 Å². The molecule has 0 unspecified atom stereocenters. The van der Waals surface area contributed by atoms with E-state index in [1.54, 1.807) is 53.1 Å². The van der Waals surface area contributed by atoms with Crippen molar-refractivity contribution in [2.45, 2.75) is 26.8 Å². The Morgan fingerprint density at radius 3 is 2.52 bits per heavy atom. The minimum Gasteiger partial charge on any atom is -0.494 e. The molecule has 140 valence electrons. The van der Waals surface area contributed by atoms with Crippen molar-refractivity contribution in [3.8, 4) is 5.75 Å². The largest absolute Gasteiger partial charge is 0.494 e. The van der Waals surface area contributed by atoms with Gasteiger partial charge in [-0.25, -0.2) is 4.98 Å². The van der Waals surface area contributed by atoms with Crippen molar-refractivity contribution in [1.29, 1.82) is 0 Å². The van der Waals surface area contributed by atoms with E-state index >= 15 is 0 Å². The van der Waals surface area contributed by atoms with E-state index in [2.05, 4.69) is 15.6 Å². The number of pyridine rings is 1. The van der Waals surface area contributed by atoms with Crippen molar-refractivity contribution in [1.82, 2.24) is 14.7 Å². The van der Waals surface area contributed by atoms with Gasteiger partial charge in [-0.3, -0.25) is 14.0 Å². The summed E-state index contributed by atoms with van der Waals surface area (Å²) in [7, 11) is 0. The summed E-state index contributed by atoms with van der Waals surface area (Å²) in [5, 5.41) is 5.61. The molecule has 0 aliphatic rings. The number of fused-ring (bicyclic) bond motifs is 1. The van der Waals surface area contributed by atoms with Crippen molar-refractivity contribution in [2.75, 3.05) is 11.9 Å². The second kappa shape index (κ2) is 7.90. The summed E-state index contributed by atoms with van der Waals surface area (Å²) >= 11 is 0. The number of carbonyl (C=O) groups excluding carboxylic acids is 2. The summed E-state index contributed by atoms with van der Waals surface area (Å²) < 4.78 is 7.01. The third-order valence-electron chi connectivity index (χ3n) is 3.81. The molecule has 0 spiro atoms. The maximum absolute atomic E-state index is 12.7. The van der Waals surface area contributed by atoms with Crippen LogP contribution in [0.5, 0.6) is 5.75 Å². The van der Waals surface area contributed by atoms with Gasteiger partial charge in [0.2, 0.25) is 5.82 Å². The van der Waals surface area contributed by atoms with E-state index in [9.17, 15) is 9.59 Å². The van der Waals surface area contributed by atoms with Gasteiger partial charge >= 0.3 is 0 Å². The number of hydrogen-bond acceptors (Lipinski definition) is 4. The number of aromatic nitrogens is 2.